The minimum Gasteiger partial charge on any atom is -0.464 e. The van der Waals surface area contributed by atoms with Crippen molar-refractivity contribution in [3.05, 3.63) is 33.2 Å². The van der Waals surface area contributed by atoms with E-state index in [1.54, 1.807) is 0 Å². The quantitative estimate of drug-likeness (QED) is 0.762. The van der Waals surface area contributed by atoms with Gasteiger partial charge in [0.15, 0.2) is 5.43 Å². The fourth-order valence-corrected chi connectivity index (χ4v) is 1.18. The third-order valence-electron chi connectivity index (χ3n) is 1.81. The Morgan fingerprint density at radius 3 is 2.60 bits per heavy atom. The Morgan fingerprint density at radius 2 is 2.13 bits per heavy atom. The lowest BCUT2D eigenvalue weighted by Gasteiger charge is -2.07. The van der Waals surface area contributed by atoms with Gasteiger partial charge in [0.05, 0.1) is 12.7 Å². The molecule has 0 atom stereocenters. The van der Waals surface area contributed by atoms with E-state index < -0.39 is 29.1 Å². The number of H-pyrrole nitrogens is 1. The van der Waals surface area contributed by atoms with E-state index in [0.29, 0.717) is 5.69 Å². The smallest absolute Gasteiger partial charge is 0.355 e. The summed E-state index contributed by atoms with van der Waals surface area (Å²) >= 11 is 0. The third-order valence-corrected chi connectivity index (χ3v) is 1.81. The highest BCUT2D eigenvalue weighted by Gasteiger charge is 2.23. The summed E-state index contributed by atoms with van der Waals surface area (Å²) < 4.78 is 29.3. The predicted molar refractivity (Wildman–Crippen MR) is 48.1 cm³/mol. The molecule has 1 heterocycles. The Labute approximate surface area is 83.9 Å². The van der Waals surface area contributed by atoms with E-state index in [9.17, 15) is 18.4 Å². The maximum atomic E-state index is 12.5. The zero-order valence-electron chi connectivity index (χ0n) is 8.14. The molecule has 0 amide bonds. The first-order valence-corrected chi connectivity index (χ1v) is 4.07. The summed E-state index contributed by atoms with van der Waals surface area (Å²) in [6, 6.07) is 1.01. The number of rotatable bonds is 2. The van der Waals surface area contributed by atoms with Crippen LogP contribution in [-0.4, -0.2) is 18.1 Å². The molecule has 4 nitrogen and oxygen atoms in total. The SMILES string of the molecule is COC(=O)c1[nH]c(C)cc(=O)c1C(F)F. The standard InChI is InChI=1S/C9H9F2NO3/c1-4-3-5(13)6(8(10)11)7(12-4)9(14)15-2/h3,8H,1-2H3,(H,12,13). The maximum Gasteiger partial charge on any atom is 0.355 e. The molecule has 0 saturated carbocycles. The second-order valence-electron chi connectivity index (χ2n) is 2.90. The largest absolute Gasteiger partial charge is 0.464 e. The Kier molecular flexibility index (Phi) is 3.18. The molecule has 0 radical (unpaired) electrons. The topological polar surface area (TPSA) is 59.2 Å². The van der Waals surface area contributed by atoms with Crippen LogP contribution in [-0.2, 0) is 4.74 Å². The van der Waals surface area contributed by atoms with Crippen LogP contribution >= 0.6 is 0 Å². The highest BCUT2D eigenvalue weighted by molar-refractivity contribution is 5.88. The molecule has 0 unspecified atom stereocenters. The summed E-state index contributed by atoms with van der Waals surface area (Å²) in [5.41, 5.74) is -1.89. The molecule has 1 aromatic rings. The van der Waals surface area contributed by atoms with Crippen molar-refractivity contribution in [3.8, 4) is 0 Å². The monoisotopic (exact) mass is 217 g/mol. The van der Waals surface area contributed by atoms with Crippen LogP contribution in [0.25, 0.3) is 0 Å². The molecule has 0 aliphatic rings. The Hall–Kier alpha value is -1.72. The van der Waals surface area contributed by atoms with Crippen molar-refractivity contribution in [3.63, 3.8) is 0 Å². The predicted octanol–water partition coefficient (Wildman–Crippen LogP) is 1.41. The number of nitrogens with one attached hydrogen (secondary N) is 1. The van der Waals surface area contributed by atoms with Crippen LogP contribution in [0.5, 0.6) is 0 Å². The zero-order chi connectivity index (χ0) is 11.6. The molecule has 0 aliphatic heterocycles. The van der Waals surface area contributed by atoms with Crippen molar-refractivity contribution in [2.45, 2.75) is 13.3 Å². The molecule has 15 heavy (non-hydrogen) atoms. The Bertz CT molecular complexity index is 439. The molecular weight excluding hydrogens is 208 g/mol. The van der Waals surface area contributed by atoms with Gasteiger partial charge in [0.25, 0.3) is 6.43 Å². The maximum absolute atomic E-state index is 12.5. The van der Waals surface area contributed by atoms with E-state index in [0.717, 1.165) is 13.2 Å². The van der Waals surface area contributed by atoms with Gasteiger partial charge in [-0.3, -0.25) is 4.79 Å². The number of alkyl halides is 2. The van der Waals surface area contributed by atoms with Crippen LogP contribution < -0.4 is 5.43 Å². The van der Waals surface area contributed by atoms with Gasteiger partial charge in [-0.25, -0.2) is 13.6 Å². The van der Waals surface area contributed by atoms with Gasteiger partial charge in [0.2, 0.25) is 0 Å². The van der Waals surface area contributed by atoms with Crippen LogP contribution in [0.3, 0.4) is 0 Å². The normalized spacial score (nSPS) is 10.5. The van der Waals surface area contributed by atoms with E-state index in [2.05, 4.69) is 9.72 Å². The van der Waals surface area contributed by atoms with Crippen LogP contribution in [0.2, 0.25) is 0 Å². The second-order valence-corrected chi connectivity index (χ2v) is 2.90. The number of aromatic amines is 1. The van der Waals surface area contributed by atoms with Gasteiger partial charge in [-0.1, -0.05) is 0 Å². The molecule has 1 aromatic heterocycles. The minimum absolute atomic E-state index is 0.324. The van der Waals surface area contributed by atoms with Gasteiger partial charge < -0.3 is 9.72 Å². The summed E-state index contributed by atoms with van der Waals surface area (Å²) in [4.78, 5) is 24.7. The van der Waals surface area contributed by atoms with E-state index >= 15 is 0 Å². The van der Waals surface area contributed by atoms with Crippen molar-refractivity contribution in [2.24, 2.45) is 0 Å². The summed E-state index contributed by atoms with van der Waals surface area (Å²) in [7, 11) is 1.05. The number of carbonyl (C=O) groups is 1. The average molecular weight is 217 g/mol. The number of esters is 1. The molecular formula is C9H9F2NO3. The first kappa shape index (κ1) is 11.4. The number of carbonyl (C=O) groups excluding carboxylic acids is 1. The summed E-state index contributed by atoms with van der Waals surface area (Å²) in [5.74, 6) is -0.980. The van der Waals surface area contributed by atoms with Gasteiger partial charge in [-0.15, -0.1) is 0 Å². The van der Waals surface area contributed by atoms with Gasteiger partial charge in [0.1, 0.15) is 5.69 Å². The van der Waals surface area contributed by atoms with Crippen molar-refractivity contribution in [2.75, 3.05) is 7.11 Å². The fourth-order valence-electron chi connectivity index (χ4n) is 1.18. The number of ether oxygens (including phenoxy) is 1. The molecule has 1 N–H and O–H groups in total. The number of hydrogen-bond donors (Lipinski definition) is 1. The second kappa shape index (κ2) is 4.20. The zero-order valence-corrected chi connectivity index (χ0v) is 8.14. The molecule has 0 bridgehead atoms. The van der Waals surface area contributed by atoms with Crippen molar-refractivity contribution in [1.82, 2.24) is 4.98 Å². The number of halogens is 2. The van der Waals surface area contributed by atoms with Crippen LogP contribution in [0.15, 0.2) is 10.9 Å². The lowest BCUT2D eigenvalue weighted by atomic mass is 10.1. The molecule has 0 fully saturated rings. The summed E-state index contributed by atoms with van der Waals surface area (Å²) in [6.45, 7) is 1.49. The molecule has 82 valence electrons. The number of pyridine rings is 1. The third kappa shape index (κ3) is 2.20. The Morgan fingerprint density at radius 1 is 1.53 bits per heavy atom. The number of hydrogen-bond acceptors (Lipinski definition) is 3. The van der Waals surface area contributed by atoms with Crippen molar-refractivity contribution < 1.29 is 18.3 Å². The highest BCUT2D eigenvalue weighted by atomic mass is 19.3. The first-order chi connectivity index (χ1) is 6.97. The number of aryl methyl sites for hydroxylation is 1. The Balaban J connectivity index is 3.47. The molecule has 0 saturated heterocycles. The van der Waals surface area contributed by atoms with Gasteiger partial charge in [0, 0.05) is 11.8 Å². The van der Waals surface area contributed by atoms with Crippen LogP contribution in [0.4, 0.5) is 8.78 Å². The van der Waals surface area contributed by atoms with Gasteiger partial charge in [-0.2, -0.15) is 0 Å². The van der Waals surface area contributed by atoms with E-state index in [1.807, 2.05) is 0 Å². The molecule has 0 aromatic carbocycles. The lowest BCUT2D eigenvalue weighted by molar-refractivity contribution is 0.0580. The molecule has 6 heteroatoms. The minimum atomic E-state index is -3.01. The van der Waals surface area contributed by atoms with E-state index in [1.165, 1.54) is 6.92 Å². The average Bonchev–Trinajstić information content (AvgIpc) is 2.14. The molecule has 1 rings (SSSR count). The van der Waals surface area contributed by atoms with Gasteiger partial charge >= 0.3 is 5.97 Å². The van der Waals surface area contributed by atoms with Crippen LogP contribution in [0.1, 0.15) is 28.2 Å². The molecule has 0 aliphatic carbocycles. The van der Waals surface area contributed by atoms with Crippen molar-refractivity contribution in [1.29, 1.82) is 0 Å². The number of methoxy groups -OCH3 is 1. The summed E-state index contributed by atoms with van der Waals surface area (Å²) in [5, 5.41) is 0. The highest BCUT2D eigenvalue weighted by Crippen LogP contribution is 2.18. The van der Waals surface area contributed by atoms with E-state index in [4.69, 9.17) is 0 Å². The van der Waals surface area contributed by atoms with E-state index in [-0.39, 0.29) is 0 Å². The fraction of sp³-hybridized carbons (Fsp3) is 0.333. The summed E-state index contributed by atoms with van der Waals surface area (Å²) in [6.07, 6.45) is -3.01. The number of aromatic nitrogens is 1. The lowest BCUT2D eigenvalue weighted by Crippen LogP contribution is -2.19. The van der Waals surface area contributed by atoms with Gasteiger partial charge in [-0.05, 0) is 6.92 Å². The van der Waals surface area contributed by atoms with Crippen LogP contribution in [0, 0.1) is 6.92 Å². The molecule has 0 spiro atoms. The first-order valence-electron chi connectivity index (χ1n) is 4.07. The van der Waals surface area contributed by atoms with Crippen molar-refractivity contribution >= 4 is 5.97 Å².